The van der Waals surface area contributed by atoms with Gasteiger partial charge in [0.15, 0.2) is 0 Å². The van der Waals surface area contributed by atoms with Gasteiger partial charge in [0.1, 0.15) is 5.82 Å². The molecule has 0 aliphatic rings. The molecule has 18 heavy (non-hydrogen) atoms. The van der Waals surface area contributed by atoms with Gasteiger partial charge in [0.25, 0.3) is 0 Å². The Labute approximate surface area is 117 Å². The van der Waals surface area contributed by atoms with Crippen molar-refractivity contribution >= 4 is 24.0 Å². The second-order valence-electron chi connectivity index (χ2n) is 4.04. The van der Waals surface area contributed by atoms with Crippen LogP contribution in [0.25, 0.3) is 11.1 Å². The van der Waals surface area contributed by atoms with Crippen molar-refractivity contribution in [1.29, 1.82) is 0 Å². The van der Waals surface area contributed by atoms with E-state index >= 15 is 0 Å². The third-order valence-electron chi connectivity index (χ3n) is 2.61. The normalized spacial score (nSPS) is 10.0. The molecule has 0 spiro atoms. The van der Waals surface area contributed by atoms with Gasteiger partial charge in [-0.15, -0.1) is 12.4 Å². The lowest BCUT2D eigenvalue weighted by atomic mass is 10.00. The van der Waals surface area contributed by atoms with Crippen LogP contribution in [0.15, 0.2) is 36.4 Å². The summed E-state index contributed by atoms with van der Waals surface area (Å²) >= 11 is 6.08. The third kappa shape index (κ3) is 3.22. The van der Waals surface area contributed by atoms with Crippen molar-refractivity contribution in [2.75, 3.05) is 0 Å². The highest BCUT2D eigenvalue weighted by atomic mass is 35.5. The van der Waals surface area contributed by atoms with E-state index in [0.717, 1.165) is 16.7 Å². The molecule has 0 amide bonds. The fourth-order valence-corrected chi connectivity index (χ4v) is 2.08. The van der Waals surface area contributed by atoms with Crippen molar-refractivity contribution < 1.29 is 4.39 Å². The molecule has 0 unspecified atom stereocenters. The molecule has 0 heterocycles. The number of hydrogen-bond donors (Lipinski definition) is 1. The maximum atomic E-state index is 13.2. The zero-order chi connectivity index (χ0) is 12.4. The lowest BCUT2D eigenvalue weighted by molar-refractivity contribution is 0.628. The Morgan fingerprint density at radius 1 is 1.17 bits per heavy atom. The van der Waals surface area contributed by atoms with Crippen LogP contribution in [-0.2, 0) is 6.54 Å². The molecule has 1 nitrogen and oxygen atoms in total. The van der Waals surface area contributed by atoms with Gasteiger partial charge in [-0.2, -0.15) is 0 Å². The van der Waals surface area contributed by atoms with Gasteiger partial charge in [-0.3, -0.25) is 0 Å². The van der Waals surface area contributed by atoms with Crippen molar-refractivity contribution in [1.82, 2.24) is 0 Å². The Hall–Kier alpha value is -1.09. The Kier molecular flexibility index (Phi) is 5.15. The van der Waals surface area contributed by atoms with Crippen LogP contribution in [-0.4, -0.2) is 0 Å². The molecule has 0 aromatic heterocycles. The molecule has 0 fully saturated rings. The maximum Gasteiger partial charge on any atom is 0.123 e. The van der Waals surface area contributed by atoms with Crippen molar-refractivity contribution in [3.8, 4) is 11.1 Å². The van der Waals surface area contributed by atoms with Gasteiger partial charge in [-0.25, -0.2) is 4.39 Å². The Morgan fingerprint density at radius 3 is 2.56 bits per heavy atom. The van der Waals surface area contributed by atoms with Crippen LogP contribution in [0, 0.1) is 12.7 Å². The summed E-state index contributed by atoms with van der Waals surface area (Å²) in [5, 5.41) is 0.542. The minimum absolute atomic E-state index is 0. The summed E-state index contributed by atoms with van der Waals surface area (Å²) in [7, 11) is 0. The summed E-state index contributed by atoms with van der Waals surface area (Å²) in [6.07, 6.45) is 0. The van der Waals surface area contributed by atoms with Gasteiger partial charge in [-0.1, -0.05) is 29.3 Å². The van der Waals surface area contributed by atoms with Crippen LogP contribution in [0.2, 0.25) is 5.02 Å². The van der Waals surface area contributed by atoms with Crippen LogP contribution in [0.5, 0.6) is 0 Å². The molecular formula is C14H14Cl2FN. The monoisotopic (exact) mass is 285 g/mol. The first-order chi connectivity index (χ1) is 8.10. The number of rotatable bonds is 2. The molecule has 96 valence electrons. The first-order valence-electron chi connectivity index (χ1n) is 5.36. The molecule has 4 heteroatoms. The predicted molar refractivity (Wildman–Crippen MR) is 76.7 cm³/mol. The second kappa shape index (κ2) is 6.19. The second-order valence-corrected chi connectivity index (χ2v) is 4.44. The summed E-state index contributed by atoms with van der Waals surface area (Å²) in [5.74, 6) is -0.291. The molecule has 2 rings (SSSR count). The number of halogens is 3. The Balaban J connectivity index is 0.00000162. The highest BCUT2D eigenvalue weighted by Gasteiger charge is 2.06. The highest BCUT2D eigenvalue weighted by Crippen LogP contribution is 2.30. The third-order valence-corrected chi connectivity index (χ3v) is 2.94. The average Bonchev–Trinajstić information content (AvgIpc) is 2.31. The fourth-order valence-electron chi connectivity index (χ4n) is 1.85. The zero-order valence-corrected chi connectivity index (χ0v) is 11.5. The molecular weight excluding hydrogens is 272 g/mol. The average molecular weight is 286 g/mol. The topological polar surface area (TPSA) is 26.0 Å². The molecule has 2 N–H and O–H groups in total. The number of aryl methyl sites for hydroxylation is 1. The van der Waals surface area contributed by atoms with E-state index in [0.29, 0.717) is 17.1 Å². The van der Waals surface area contributed by atoms with Gasteiger partial charge in [0.2, 0.25) is 0 Å². The summed E-state index contributed by atoms with van der Waals surface area (Å²) in [4.78, 5) is 0. The zero-order valence-electron chi connectivity index (χ0n) is 9.91. The van der Waals surface area contributed by atoms with Gasteiger partial charge in [-0.05, 0) is 42.3 Å². The first kappa shape index (κ1) is 15.0. The number of hydrogen-bond acceptors (Lipinski definition) is 1. The van der Waals surface area contributed by atoms with Gasteiger partial charge in [0, 0.05) is 17.1 Å². The standard InChI is InChI=1S/C14H13ClFN.ClH/c1-9-4-10(8-17)6-11(5-9)13-7-12(16)2-3-14(13)15;/h2-7H,8,17H2,1H3;1H. The molecule has 0 aliphatic carbocycles. The molecule has 0 radical (unpaired) electrons. The van der Waals surface area contributed by atoms with Crippen molar-refractivity contribution in [2.45, 2.75) is 13.5 Å². The van der Waals surface area contributed by atoms with Crippen LogP contribution in [0.3, 0.4) is 0 Å². The van der Waals surface area contributed by atoms with Crippen LogP contribution in [0.1, 0.15) is 11.1 Å². The van der Waals surface area contributed by atoms with Gasteiger partial charge >= 0.3 is 0 Å². The van der Waals surface area contributed by atoms with E-state index in [9.17, 15) is 4.39 Å². The van der Waals surface area contributed by atoms with Crippen molar-refractivity contribution in [2.24, 2.45) is 5.73 Å². The quantitative estimate of drug-likeness (QED) is 0.873. The van der Waals surface area contributed by atoms with Gasteiger partial charge < -0.3 is 5.73 Å². The van der Waals surface area contributed by atoms with E-state index in [1.165, 1.54) is 12.1 Å². The van der Waals surface area contributed by atoms with Gasteiger partial charge in [0.05, 0.1) is 0 Å². The van der Waals surface area contributed by atoms with E-state index in [-0.39, 0.29) is 18.2 Å². The first-order valence-corrected chi connectivity index (χ1v) is 5.74. The summed E-state index contributed by atoms with van der Waals surface area (Å²) < 4.78 is 13.2. The van der Waals surface area contributed by atoms with Crippen molar-refractivity contribution in [3.05, 3.63) is 58.4 Å². The molecule has 2 aromatic rings. The SMILES string of the molecule is Cc1cc(CN)cc(-c2cc(F)ccc2Cl)c1.Cl. The molecule has 0 saturated heterocycles. The van der Waals surface area contributed by atoms with E-state index in [2.05, 4.69) is 0 Å². The molecule has 0 bridgehead atoms. The van der Waals surface area contributed by atoms with Crippen LogP contribution in [0.4, 0.5) is 4.39 Å². The molecule has 0 atom stereocenters. The smallest absolute Gasteiger partial charge is 0.123 e. The van der Waals surface area contributed by atoms with E-state index in [4.69, 9.17) is 17.3 Å². The number of nitrogens with two attached hydrogens (primary N) is 1. The molecule has 2 aromatic carbocycles. The summed E-state index contributed by atoms with van der Waals surface area (Å²) in [6, 6.07) is 10.3. The lowest BCUT2D eigenvalue weighted by Gasteiger charge is -2.08. The minimum atomic E-state index is -0.291. The van der Waals surface area contributed by atoms with Crippen molar-refractivity contribution in [3.63, 3.8) is 0 Å². The van der Waals surface area contributed by atoms with E-state index in [1.807, 2.05) is 25.1 Å². The van der Waals surface area contributed by atoms with Crippen LogP contribution < -0.4 is 5.73 Å². The Morgan fingerprint density at radius 2 is 1.89 bits per heavy atom. The Bertz CT molecular complexity index is 555. The molecule has 0 aliphatic heterocycles. The number of benzene rings is 2. The van der Waals surface area contributed by atoms with Crippen LogP contribution >= 0.6 is 24.0 Å². The molecule has 0 saturated carbocycles. The summed E-state index contributed by atoms with van der Waals surface area (Å²) in [5.41, 5.74) is 9.32. The fraction of sp³-hybridized carbons (Fsp3) is 0.143. The van der Waals surface area contributed by atoms with E-state index < -0.39 is 0 Å². The predicted octanol–water partition coefficient (Wildman–Crippen LogP) is 4.34. The maximum absolute atomic E-state index is 13.2. The van der Waals surface area contributed by atoms with E-state index in [1.54, 1.807) is 6.07 Å². The minimum Gasteiger partial charge on any atom is -0.326 e. The summed E-state index contributed by atoms with van der Waals surface area (Å²) in [6.45, 7) is 2.44. The highest BCUT2D eigenvalue weighted by molar-refractivity contribution is 6.33. The lowest BCUT2D eigenvalue weighted by Crippen LogP contribution is -1.97. The largest absolute Gasteiger partial charge is 0.326 e.